The van der Waals surface area contributed by atoms with Gasteiger partial charge in [-0.3, -0.25) is 4.98 Å². The van der Waals surface area contributed by atoms with Gasteiger partial charge in [0.1, 0.15) is 17.1 Å². The molecule has 0 aliphatic carbocycles. The third-order valence-electron chi connectivity index (χ3n) is 4.53. The predicted octanol–water partition coefficient (Wildman–Crippen LogP) is 7.65. The van der Waals surface area contributed by atoms with Crippen LogP contribution in [0.2, 0.25) is 0 Å². The maximum atomic E-state index is 12.5. The highest BCUT2D eigenvalue weighted by Gasteiger charge is 2.34. The number of rotatable bonds is 2. The van der Waals surface area contributed by atoms with Gasteiger partial charge in [-0.2, -0.15) is 39.5 Å². The van der Waals surface area contributed by atoms with Gasteiger partial charge in [-0.25, -0.2) is 15.0 Å². The van der Waals surface area contributed by atoms with Crippen LogP contribution in [0.5, 0.6) is 0 Å². The quantitative estimate of drug-likeness (QED) is 0.250. The van der Waals surface area contributed by atoms with Crippen LogP contribution in [0.1, 0.15) is 22.8 Å². The van der Waals surface area contributed by atoms with Crippen molar-refractivity contribution in [1.29, 1.82) is 0 Å². The van der Waals surface area contributed by atoms with Crippen molar-refractivity contribution in [3.05, 3.63) is 95.6 Å². The molecule has 4 nitrogen and oxygen atoms in total. The van der Waals surface area contributed by atoms with Gasteiger partial charge < -0.3 is 0 Å². The summed E-state index contributed by atoms with van der Waals surface area (Å²) in [7, 11) is 0. The zero-order chi connectivity index (χ0) is 27.4. The highest BCUT2D eigenvalue weighted by molar-refractivity contribution is 5.55. The topological polar surface area (TPSA) is 51.6 Å². The molecule has 0 saturated heterocycles. The van der Waals surface area contributed by atoms with E-state index in [1.807, 2.05) is 0 Å². The molecule has 0 spiro atoms. The van der Waals surface area contributed by atoms with Crippen LogP contribution in [0.25, 0.3) is 22.8 Å². The van der Waals surface area contributed by atoms with E-state index in [2.05, 4.69) is 19.9 Å². The first-order chi connectivity index (χ1) is 17.1. The minimum Gasteiger partial charge on any atom is -0.251 e. The number of aryl methyl sites for hydroxylation is 1. The summed E-state index contributed by atoms with van der Waals surface area (Å²) in [6.45, 7) is 1.77. The normalized spacial score (nSPS) is 12.1. The fourth-order valence-corrected chi connectivity index (χ4v) is 2.89. The van der Waals surface area contributed by atoms with Crippen molar-refractivity contribution >= 4 is 0 Å². The number of nitrogens with zero attached hydrogens (tertiary/aromatic N) is 4. The summed E-state index contributed by atoms with van der Waals surface area (Å²) in [5.74, 6) is 0. The molecule has 0 bridgehead atoms. The molecule has 0 saturated carbocycles. The molecule has 4 aromatic heterocycles. The van der Waals surface area contributed by atoms with E-state index < -0.39 is 35.6 Å². The second-order valence-corrected chi connectivity index (χ2v) is 7.38. The van der Waals surface area contributed by atoms with Crippen molar-refractivity contribution in [3.63, 3.8) is 0 Å². The number of hydrogen-bond acceptors (Lipinski definition) is 4. The van der Waals surface area contributed by atoms with Crippen molar-refractivity contribution in [3.8, 4) is 22.8 Å². The number of alkyl halides is 9. The Kier molecular flexibility index (Phi) is 7.84. The molecule has 0 radical (unpaired) electrons. The summed E-state index contributed by atoms with van der Waals surface area (Å²) < 4.78 is 112. The Bertz CT molecular complexity index is 1310. The standard InChI is InChI=1S/C12H6F6N2.C12H9F3N2/c13-11(14,15)9-5-1-3-7(19-9)8-4-2-6-10(20-8)12(16,17)18;1-8-4-2-5-9(16-8)10-6-3-7-11(17-10)12(13,14)15/h1-6H;2-7H,1H3. The monoisotopic (exact) mass is 530 g/mol. The molecule has 0 amide bonds. The van der Waals surface area contributed by atoms with E-state index in [4.69, 9.17) is 0 Å². The predicted molar refractivity (Wildman–Crippen MR) is 115 cm³/mol. The van der Waals surface area contributed by atoms with Crippen molar-refractivity contribution in [2.24, 2.45) is 0 Å². The molecule has 194 valence electrons. The first-order valence-corrected chi connectivity index (χ1v) is 10.2. The lowest BCUT2D eigenvalue weighted by molar-refractivity contribution is -0.142. The zero-order valence-electron chi connectivity index (χ0n) is 18.6. The second-order valence-electron chi connectivity index (χ2n) is 7.38. The Morgan fingerprint density at radius 2 is 0.676 bits per heavy atom. The smallest absolute Gasteiger partial charge is 0.251 e. The van der Waals surface area contributed by atoms with E-state index >= 15 is 0 Å². The third-order valence-corrected chi connectivity index (χ3v) is 4.53. The molecule has 0 atom stereocenters. The summed E-state index contributed by atoms with van der Waals surface area (Å²) in [5.41, 5.74) is -2.42. The van der Waals surface area contributed by atoms with E-state index in [0.717, 1.165) is 48.2 Å². The molecular formula is C24H15F9N4. The molecule has 37 heavy (non-hydrogen) atoms. The molecule has 0 N–H and O–H groups in total. The van der Waals surface area contributed by atoms with Gasteiger partial charge in [0.15, 0.2) is 0 Å². The molecule has 13 heteroatoms. The molecule has 4 heterocycles. The van der Waals surface area contributed by atoms with Crippen LogP contribution in [0, 0.1) is 6.92 Å². The van der Waals surface area contributed by atoms with Crippen LogP contribution in [-0.4, -0.2) is 19.9 Å². The number of aromatic nitrogens is 4. The van der Waals surface area contributed by atoms with Crippen molar-refractivity contribution in [2.75, 3.05) is 0 Å². The average Bonchev–Trinajstić information content (AvgIpc) is 2.83. The average molecular weight is 530 g/mol. The maximum absolute atomic E-state index is 12.5. The lowest BCUT2D eigenvalue weighted by Crippen LogP contribution is -2.10. The van der Waals surface area contributed by atoms with Crippen LogP contribution in [0.3, 0.4) is 0 Å². The fraction of sp³-hybridized carbons (Fsp3) is 0.167. The van der Waals surface area contributed by atoms with Gasteiger partial charge >= 0.3 is 18.5 Å². The number of hydrogen-bond donors (Lipinski definition) is 0. The summed E-state index contributed by atoms with van der Waals surface area (Å²) >= 11 is 0. The largest absolute Gasteiger partial charge is 0.433 e. The lowest BCUT2D eigenvalue weighted by atomic mass is 10.2. The van der Waals surface area contributed by atoms with Gasteiger partial charge in [-0.1, -0.05) is 24.3 Å². The zero-order valence-corrected chi connectivity index (χ0v) is 18.6. The van der Waals surface area contributed by atoms with Gasteiger partial charge in [0.25, 0.3) is 0 Å². The van der Waals surface area contributed by atoms with Crippen LogP contribution in [0.4, 0.5) is 39.5 Å². The Morgan fingerprint density at radius 3 is 0.946 bits per heavy atom. The Balaban J connectivity index is 0.000000208. The summed E-state index contributed by atoms with van der Waals surface area (Å²) in [6, 6.07) is 14.8. The molecule has 0 aromatic carbocycles. The van der Waals surface area contributed by atoms with Gasteiger partial charge in [0, 0.05) is 5.69 Å². The molecule has 0 aliphatic heterocycles. The molecule has 0 unspecified atom stereocenters. The van der Waals surface area contributed by atoms with Crippen LogP contribution < -0.4 is 0 Å². The van der Waals surface area contributed by atoms with E-state index in [1.165, 1.54) is 12.1 Å². The molecule has 0 fully saturated rings. The van der Waals surface area contributed by atoms with Crippen LogP contribution >= 0.6 is 0 Å². The Labute approximate surface area is 203 Å². The minimum absolute atomic E-state index is 0.225. The molecular weight excluding hydrogens is 515 g/mol. The first kappa shape index (κ1) is 27.6. The summed E-state index contributed by atoms with van der Waals surface area (Å²) in [4.78, 5) is 14.3. The first-order valence-electron chi connectivity index (χ1n) is 10.2. The van der Waals surface area contributed by atoms with Gasteiger partial charge in [0.05, 0.1) is 22.8 Å². The SMILES string of the molecule is Cc1cccc(-c2cccc(C(F)(F)F)n2)n1.FC(F)(F)c1cccc(-c2cccc(C(F)(F)F)n2)n1. The Hall–Kier alpha value is -4.03. The molecule has 0 aliphatic rings. The maximum Gasteiger partial charge on any atom is 0.433 e. The number of pyridine rings is 4. The van der Waals surface area contributed by atoms with Crippen molar-refractivity contribution in [2.45, 2.75) is 25.5 Å². The van der Waals surface area contributed by atoms with E-state index in [1.54, 1.807) is 25.1 Å². The minimum atomic E-state index is -4.67. The second kappa shape index (κ2) is 10.5. The summed E-state index contributed by atoms with van der Waals surface area (Å²) in [6.07, 6.45) is -13.8. The Morgan fingerprint density at radius 1 is 0.405 bits per heavy atom. The highest BCUT2D eigenvalue weighted by Crippen LogP contribution is 2.32. The number of halogens is 9. The van der Waals surface area contributed by atoms with Gasteiger partial charge in [0.2, 0.25) is 0 Å². The molecule has 4 aromatic rings. The third kappa shape index (κ3) is 7.48. The van der Waals surface area contributed by atoms with E-state index in [9.17, 15) is 39.5 Å². The van der Waals surface area contributed by atoms with Gasteiger partial charge in [-0.05, 0) is 55.5 Å². The van der Waals surface area contributed by atoms with E-state index in [-0.39, 0.29) is 17.1 Å². The van der Waals surface area contributed by atoms with Gasteiger partial charge in [-0.15, -0.1) is 0 Å². The highest BCUT2D eigenvalue weighted by atomic mass is 19.4. The summed E-state index contributed by atoms with van der Waals surface area (Å²) in [5, 5.41) is 0. The van der Waals surface area contributed by atoms with Crippen molar-refractivity contribution < 1.29 is 39.5 Å². The fourth-order valence-electron chi connectivity index (χ4n) is 2.89. The lowest BCUT2D eigenvalue weighted by Gasteiger charge is -2.09. The van der Waals surface area contributed by atoms with E-state index in [0.29, 0.717) is 5.69 Å². The van der Waals surface area contributed by atoms with Crippen LogP contribution in [-0.2, 0) is 18.5 Å². The van der Waals surface area contributed by atoms with Crippen molar-refractivity contribution in [1.82, 2.24) is 19.9 Å². The molecule has 4 rings (SSSR count). The van der Waals surface area contributed by atoms with Crippen LogP contribution in [0.15, 0.2) is 72.8 Å².